The summed E-state index contributed by atoms with van der Waals surface area (Å²) in [4.78, 5) is 20.3. The summed E-state index contributed by atoms with van der Waals surface area (Å²) in [6, 6.07) is 3.53. The number of carbonyl (C=O) groups excluding carboxylic acids is 1. The molecule has 2 N–H and O–H groups in total. The van der Waals surface area contributed by atoms with Crippen LogP contribution >= 0.6 is 0 Å². The average molecular weight is 273 g/mol. The Kier molecular flexibility index (Phi) is 4.70. The van der Waals surface area contributed by atoms with Crippen LogP contribution in [-0.4, -0.2) is 34.0 Å². The molecule has 6 heteroatoms. The zero-order chi connectivity index (χ0) is 14.4. The Morgan fingerprint density at radius 3 is 2.95 bits per heavy atom. The molecule has 20 heavy (non-hydrogen) atoms. The van der Waals surface area contributed by atoms with Crippen molar-refractivity contribution in [3.63, 3.8) is 0 Å². The summed E-state index contributed by atoms with van der Waals surface area (Å²) in [6.45, 7) is 3.35. The minimum absolute atomic E-state index is 0.0716. The van der Waals surface area contributed by atoms with E-state index in [1.807, 2.05) is 17.7 Å². The fraction of sp³-hybridized carbons (Fsp3) is 0.357. The number of hydrogen-bond donors (Lipinski definition) is 2. The van der Waals surface area contributed by atoms with E-state index in [0.717, 1.165) is 18.7 Å². The SMILES string of the molecule is CNc1cc(C(=O)NCCCn2ccnc2)cc(C)n1. The normalized spacial score (nSPS) is 10.3. The summed E-state index contributed by atoms with van der Waals surface area (Å²) < 4.78 is 1.99. The van der Waals surface area contributed by atoms with Crippen molar-refractivity contribution in [1.82, 2.24) is 19.9 Å². The van der Waals surface area contributed by atoms with Crippen LogP contribution in [-0.2, 0) is 6.54 Å². The van der Waals surface area contributed by atoms with Gasteiger partial charge in [0, 0.05) is 43.8 Å². The number of nitrogens with zero attached hydrogens (tertiary/aromatic N) is 3. The van der Waals surface area contributed by atoms with Gasteiger partial charge in [-0.15, -0.1) is 0 Å². The summed E-state index contributed by atoms with van der Waals surface area (Å²) in [6.07, 6.45) is 6.29. The number of nitrogens with one attached hydrogen (secondary N) is 2. The van der Waals surface area contributed by atoms with Crippen molar-refractivity contribution in [1.29, 1.82) is 0 Å². The Hall–Kier alpha value is -2.37. The third kappa shape index (κ3) is 3.81. The molecule has 0 fully saturated rings. The van der Waals surface area contributed by atoms with Crippen LogP contribution in [0.25, 0.3) is 0 Å². The van der Waals surface area contributed by atoms with E-state index >= 15 is 0 Å². The molecule has 0 saturated carbocycles. The molecule has 0 unspecified atom stereocenters. The molecule has 6 nitrogen and oxygen atoms in total. The molecule has 0 bridgehead atoms. The monoisotopic (exact) mass is 273 g/mol. The van der Waals surface area contributed by atoms with Crippen molar-refractivity contribution in [2.75, 3.05) is 18.9 Å². The highest BCUT2D eigenvalue weighted by Crippen LogP contribution is 2.09. The average Bonchev–Trinajstić information content (AvgIpc) is 2.95. The second-order valence-electron chi connectivity index (χ2n) is 4.54. The molecular formula is C14H19N5O. The number of rotatable bonds is 6. The van der Waals surface area contributed by atoms with Gasteiger partial charge in [0.1, 0.15) is 5.82 Å². The number of imidazole rings is 1. The quantitative estimate of drug-likeness (QED) is 0.781. The smallest absolute Gasteiger partial charge is 0.251 e. The lowest BCUT2D eigenvalue weighted by molar-refractivity contribution is 0.0952. The van der Waals surface area contributed by atoms with Crippen LogP contribution in [0.15, 0.2) is 30.9 Å². The summed E-state index contributed by atoms with van der Waals surface area (Å²) in [5.41, 5.74) is 1.45. The van der Waals surface area contributed by atoms with Crippen LogP contribution in [0, 0.1) is 6.92 Å². The maximum atomic E-state index is 12.0. The molecule has 0 aliphatic carbocycles. The Balaban J connectivity index is 1.83. The maximum absolute atomic E-state index is 12.0. The minimum atomic E-state index is -0.0716. The Morgan fingerprint density at radius 2 is 2.25 bits per heavy atom. The van der Waals surface area contributed by atoms with E-state index < -0.39 is 0 Å². The Bertz CT molecular complexity index is 565. The summed E-state index contributed by atoms with van der Waals surface area (Å²) in [7, 11) is 1.79. The lowest BCUT2D eigenvalue weighted by Gasteiger charge is -2.08. The molecule has 2 aromatic heterocycles. The number of aryl methyl sites for hydroxylation is 2. The lowest BCUT2D eigenvalue weighted by Crippen LogP contribution is -2.25. The van der Waals surface area contributed by atoms with Gasteiger partial charge in [0.05, 0.1) is 6.33 Å². The van der Waals surface area contributed by atoms with Crippen molar-refractivity contribution in [2.45, 2.75) is 19.9 Å². The number of hydrogen-bond acceptors (Lipinski definition) is 4. The number of aromatic nitrogens is 3. The largest absolute Gasteiger partial charge is 0.373 e. The van der Waals surface area contributed by atoms with Gasteiger partial charge in [-0.25, -0.2) is 9.97 Å². The topological polar surface area (TPSA) is 71.8 Å². The fourth-order valence-electron chi connectivity index (χ4n) is 1.91. The summed E-state index contributed by atoms with van der Waals surface area (Å²) in [5.74, 6) is 0.631. The molecule has 106 valence electrons. The van der Waals surface area contributed by atoms with Crippen LogP contribution < -0.4 is 10.6 Å². The highest BCUT2D eigenvalue weighted by molar-refractivity contribution is 5.94. The predicted octanol–water partition coefficient (Wildman–Crippen LogP) is 1.45. The van der Waals surface area contributed by atoms with Crippen molar-refractivity contribution >= 4 is 11.7 Å². The van der Waals surface area contributed by atoms with Gasteiger partial charge in [-0.2, -0.15) is 0 Å². The summed E-state index contributed by atoms with van der Waals surface area (Å²) >= 11 is 0. The molecule has 0 saturated heterocycles. The first-order valence-corrected chi connectivity index (χ1v) is 6.59. The second kappa shape index (κ2) is 6.70. The van der Waals surface area contributed by atoms with Gasteiger partial charge in [0.2, 0.25) is 0 Å². The van der Waals surface area contributed by atoms with Gasteiger partial charge < -0.3 is 15.2 Å². The molecule has 2 aromatic rings. The van der Waals surface area contributed by atoms with E-state index in [9.17, 15) is 4.79 Å². The zero-order valence-corrected chi connectivity index (χ0v) is 11.8. The molecule has 0 radical (unpaired) electrons. The molecule has 2 heterocycles. The molecular weight excluding hydrogens is 254 g/mol. The van der Waals surface area contributed by atoms with Crippen LogP contribution in [0.2, 0.25) is 0 Å². The highest BCUT2D eigenvalue weighted by Gasteiger charge is 2.07. The van der Waals surface area contributed by atoms with Gasteiger partial charge in [-0.3, -0.25) is 4.79 Å². The molecule has 0 spiro atoms. The Morgan fingerprint density at radius 1 is 1.40 bits per heavy atom. The highest BCUT2D eigenvalue weighted by atomic mass is 16.1. The molecule has 0 aliphatic heterocycles. The van der Waals surface area contributed by atoms with E-state index in [0.29, 0.717) is 17.9 Å². The van der Waals surface area contributed by atoms with Crippen LogP contribution in [0.4, 0.5) is 5.82 Å². The number of carbonyl (C=O) groups is 1. The van der Waals surface area contributed by atoms with Gasteiger partial charge in [-0.1, -0.05) is 0 Å². The number of amides is 1. The lowest BCUT2D eigenvalue weighted by atomic mass is 10.2. The van der Waals surface area contributed by atoms with Crippen molar-refractivity contribution in [3.8, 4) is 0 Å². The second-order valence-corrected chi connectivity index (χ2v) is 4.54. The first kappa shape index (κ1) is 14.0. The zero-order valence-electron chi connectivity index (χ0n) is 11.8. The van der Waals surface area contributed by atoms with E-state index in [4.69, 9.17) is 0 Å². The Labute approximate surface area is 118 Å². The van der Waals surface area contributed by atoms with Crippen LogP contribution in [0.5, 0.6) is 0 Å². The van der Waals surface area contributed by atoms with E-state index in [1.165, 1.54) is 0 Å². The molecule has 0 atom stereocenters. The van der Waals surface area contributed by atoms with Gasteiger partial charge >= 0.3 is 0 Å². The van der Waals surface area contributed by atoms with Crippen LogP contribution in [0.3, 0.4) is 0 Å². The van der Waals surface area contributed by atoms with Crippen molar-refractivity contribution in [3.05, 3.63) is 42.1 Å². The fourth-order valence-corrected chi connectivity index (χ4v) is 1.91. The van der Waals surface area contributed by atoms with E-state index in [1.54, 1.807) is 31.7 Å². The first-order chi connectivity index (χ1) is 9.69. The van der Waals surface area contributed by atoms with Gasteiger partial charge in [0.15, 0.2) is 0 Å². The van der Waals surface area contributed by atoms with Crippen molar-refractivity contribution in [2.24, 2.45) is 0 Å². The molecule has 0 aliphatic rings. The van der Waals surface area contributed by atoms with Crippen LogP contribution in [0.1, 0.15) is 22.5 Å². The van der Waals surface area contributed by atoms with Crippen molar-refractivity contribution < 1.29 is 4.79 Å². The maximum Gasteiger partial charge on any atom is 0.251 e. The van der Waals surface area contributed by atoms with E-state index in [-0.39, 0.29) is 5.91 Å². The molecule has 0 aromatic carbocycles. The number of pyridine rings is 1. The van der Waals surface area contributed by atoms with Gasteiger partial charge in [0.25, 0.3) is 5.91 Å². The summed E-state index contributed by atoms with van der Waals surface area (Å²) in [5, 5.41) is 5.86. The van der Waals surface area contributed by atoms with Gasteiger partial charge in [-0.05, 0) is 25.5 Å². The third-order valence-electron chi connectivity index (χ3n) is 2.91. The first-order valence-electron chi connectivity index (χ1n) is 6.59. The number of anilines is 1. The molecule has 2 rings (SSSR count). The molecule has 1 amide bonds. The predicted molar refractivity (Wildman–Crippen MR) is 77.7 cm³/mol. The standard InChI is InChI=1S/C14H19N5O/c1-11-8-12(9-13(15-2)18-11)14(20)17-4-3-6-19-7-5-16-10-19/h5,7-10H,3-4,6H2,1-2H3,(H,15,18)(H,17,20). The minimum Gasteiger partial charge on any atom is -0.373 e. The van der Waals surface area contributed by atoms with E-state index in [2.05, 4.69) is 20.6 Å². The third-order valence-corrected chi connectivity index (χ3v) is 2.91.